The molecule has 0 radical (unpaired) electrons. The molecule has 9 heteroatoms. The van der Waals surface area contributed by atoms with Gasteiger partial charge >= 0.3 is 0 Å². The molecule has 0 fully saturated rings. The fourth-order valence-electron chi connectivity index (χ4n) is 2.18. The van der Waals surface area contributed by atoms with Gasteiger partial charge in [0.1, 0.15) is 0 Å². The number of hydrogen-bond acceptors (Lipinski definition) is 5. The number of aryl methyl sites for hydroxylation is 1. The van der Waals surface area contributed by atoms with Crippen LogP contribution in [-0.2, 0) is 27.2 Å². The average molecular weight is 383 g/mol. The third-order valence-corrected chi connectivity index (χ3v) is 5.92. The Balaban J connectivity index is 1.83. The van der Waals surface area contributed by atoms with Crippen molar-refractivity contribution in [2.75, 3.05) is 24.3 Å². The monoisotopic (exact) mass is 383 g/mol. The molecule has 25 heavy (non-hydrogen) atoms. The summed E-state index contributed by atoms with van der Waals surface area (Å²) in [5.74, 6) is 0.0212. The lowest BCUT2D eigenvalue weighted by Crippen LogP contribution is -2.29. The quantitative estimate of drug-likeness (QED) is 0.635. The molecule has 0 saturated carbocycles. The van der Waals surface area contributed by atoms with Crippen molar-refractivity contribution in [1.29, 1.82) is 0 Å². The van der Waals surface area contributed by atoms with Crippen molar-refractivity contribution in [2.45, 2.75) is 12.8 Å². The Kier molecular flexibility index (Phi) is 7.03. The van der Waals surface area contributed by atoms with E-state index in [4.69, 9.17) is 0 Å². The van der Waals surface area contributed by atoms with Crippen LogP contribution in [0.15, 0.2) is 47.4 Å². The molecule has 0 aliphatic rings. The minimum atomic E-state index is -3.37. The lowest BCUT2D eigenvalue weighted by Gasteiger charge is -2.07. The molecule has 0 amide bonds. The van der Waals surface area contributed by atoms with Gasteiger partial charge in [-0.3, -0.25) is 9.00 Å². The van der Waals surface area contributed by atoms with Crippen LogP contribution < -0.4 is 10.3 Å². The van der Waals surface area contributed by atoms with E-state index < -0.39 is 20.8 Å². The molecule has 136 valence electrons. The first-order valence-corrected chi connectivity index (χ1v) is 11.2. The molecule has 1 unspecified atom stereocenters. The number of benzene rings is 1. The molecule has 1 N–H and O–H groups in total. The Hall–Kier alpha value is -1.84. The molecule has 1 aromatic heterocycles. The predicted octanol–water partition coefficient (Wildman–Crippen LogP) is 0.463. The molecule has 2 aromatic rings. The zero-order valence-corrected chi connectivity index (χ0v) is 15.6. The van der Waals surface area contributed by atoms with Crippen molar-refractivity contribution in [3.05, 3.63) is 58.5 Å². The standard InChI is InChI=1S/C16H21N3O4S2/c1-24(21)12-13-25(22,23)18-11-2-4-14-6-8-15(9-7-14)19-16(20)5-3-10-17-19/h3,5-10,18H,2,4,11-13H2,1H3. The van der Waals surface area contributed by atoms with E-state index >= 15 is 0 Å². The average Bonchev–Trinajstić information content (AvgIpc) is 2.58. The second-order valence-electron chi connectivity index (χ2n) is 5.53. The summed E-state index contributed by atoms with van der Waals surface area (Å²) < 4.78 is 38.2. The molecule has 1 atom stereocenters. The normalized spacial score (nSPS) is 12.8. The van der Waals surface area contributed by atoms with Crippen LogP contribution >= 0.6 is 0 Å². The second kappa shape index (κ2) is 9.02. The fourth-order valence-corrected chi connectivity index (χ4v) is 4.59. The van der Waals surface area contributed by atoms with Gasteiger partial charge in [-0.1, -0.05) is 12.1 Å². The smallest absolute Gasteiger partial charge is 0.267 e. The summed E-state index contributed by atoms with van der Waals surface area (Å²) in [6.07, 6.45) is 4.39. The molecule has 7 nitrogen and oxygen atoms in total. The number of nitrogens with zero attached hydrogens (tertiary/aromatic N) is 2. The summed E-state index contributed by atoms with van der Waals surface area (Å²) in [5.41, 5.74) is 1.53. The Morgan fingerprint density at radius 1 is 1.20 bits per heavy atom. The summed E-state index contributed by atoms with van der Waals surface area (Å²) >= 11 is 0. The molecular formula is C16H21N3O4S2. The van der Waals surface area contributed by atoms with Crippen LogP contribution in [0.3, 0.4) is 0 Å². The summed E-state index contributed by atoms with van der Waals surface area (Å²) in [6, 6.07) is 10.4. The van der Waals surface area contributed by atoms with Gasteiger partial charge < -0.3 is 0 Å². The first-order chi connectivity index (χ1) is 11.9. The highest BCUT2D eigenvalue weighted by molar-refractivity contribution is 7.91. The molecule has 1 heterocycles. The molecule has 0 saturated heterocycles. The second-order valence-corrected chi connectivity index (χ2v) is 9.02. The Labute approximate surface area is 149 Å². The van der Waals surface area contributed by atoms with Gasteiger partial charge in [0.05, 0.1) is 11.4 Å². The van der Waals surface area contributed by atoms with Crippen LogP contribution in [0, 0.1) is 0 Å². The van der Waals surface area contributed by atoms with Crippen molar-refractivity contribution < 1.29 is 12.6 Å². The Bertz CT molecular complexity index is 877. The van der Waals surface area contributed by atoms with Crippen molar-refractivity contribution in [2.24, 2.45) is 0 Å². The van der Waals surface area contributed by atoms with Gasteiger partial charge in [-0.25, -0.2) is 13.1 Å². The molecule has 0 spiro atoms. The van der Waals surface area contributed by atoms with Gasteiger partial charge in [0.25, 0.3) is 5.56 Å². The summed E-state index contributed by atoms with van der Waals surface area (Å²) in [4.78, 5) is 11.7. The van der Waals surface area contributed by atoms with E-state index in [1.165, 1.54) is 17.0 Å². The van der Waals surface area contributed by atoms with E-state index in [2.05, 4.69) is 9.82 Å². The highest BCUT2D eigenvalue weighted by Crippen LogP contribution is 2.08. The maximum atomic E-state index is 11.7. The van der Waals surface area contributed by atoms with Crippen LogP contribution in [0.1, 0.15) is 12.0 Å². The topological polar surface area (TPSA) is 98.1 Å². The van der Waals surface area contributed by atoms with Gasteiger partial charge in [-0.05, 0) is 36.6 Å². The molecule has 2 rings (SSSR count). The molecule has 0 aliphatic heterocycles. The van der Waals surface area contributed by atoms with E-state index in [0.29, 0.717) is 25.1 Å². The first-order valence-electron chi connectivity index (χ1n) is 7.78. The largest absolute Gasteiger partial charge is 0.271 e. The number of nitrogens with one attached hydrogen (secondary N) is 1. The zero-order valence-electron chi connectivity index (χ0n) is 13.9. The zero-order chi connectivity index (χ0) is 18.3. The Morgan fingerprint density at radius 2 is 1.92 bits per heavy atom. The van der Waals surface area contributed by atoms with Crippen LogP contribution in [-0.4, -0.2) is 46.7 Å². The fraction of sp³-hybridized carbons (Fsp3) is 0.375. The first kappa shape index (κ1) is 19.5. The summed E-state index contributed by atoms with van der Waals surface area (Å²) in [7, 11) is -4.49. The number of sulfonamides is 1. The molecule has 0 bridgehead atoms. The summed E-state index contributed by atoms with van der Waals surface area (Å²) in [6.45, 7) is 0.333. The van der Waals surface area contributed by atoms with E-state index in [1.54, 1.807) is 12.3 Å². The minimum absolute atomic E-state index is 0.121. The third-order valence-electron chi connectivity index (χ3n) is 3.50. The summed E-state index contributed by atoms with van der Waals surface area (Å²) in [5, 5.41) is 4.02. The van der Waals surface area contributed by atoms with Crippen LogP contribution in [0.5, 0.6) is 0 Å². The van der Waals surface area contributed by atoms with Gasteiger partial charge in [0, 0.05) is 41.6 Å². The molecule has 0 aliphatic carbocycles. The van der Waals surface area contributed by atoms with E-state index in [0.717, 1.165) is 5.56 Å². The highest BCUT2D eigenvalue weighted by atomic mass is 32.2. The van der Waals surface area contributed by atoms with Crippen molar-refractivity contribution in [3.63, 3.8) is 0 Å². The highest BCUT2D eigenvalue weighted by Gasteiger charge is 2.10. The number of hydrogen-bond donors (Lipinski definition) is 1. The van der Waals surface area contributed by atoms with Gasteiger partial charge in [0.15, 0.2) is 0 Å². The predicted molar refractivity (Wildman–Crippen MR) is 98.9 cm³/mol. The van der Waals surface area contributed by atoms with Crippen molar-refractivity contribution in [3.8, 4) is 5.69 Å². The number of rotatable bonds is 9. The van der Waals surface area contributed by atoms with Crippen LogP contribution in [0.25, 0.3) is 5.69 Å². The third kappa shape index (κ3) is 6.52. The van der Waals surface area contributed by atoms with Gasteiger partial charge in [-0.2, -0.15) is 9.78 Å². The van der Waals surface area contributed by atoms with Crippen molar-refractivity contribution in [1.82, 2.24) is 14.5 Å². The number of aromatic nitrogens is 2. The van der Waals surface area contributed by atoms with E-state index in [-0.39, 0.29) is 17.1 Å². The van der Waals surface area contributed by atoms with Crippen LogP contribution in [0.2, 0.25) is 0 Å². The van der Waals surface area contributed by atoms with E-state index in [1.807, 2.05) is 24.3 Å². The van der Waals surface area contributed by atoms with Gasteiger partial charge in [0.2, 0.25) is 10.0 Å². The molecule has 1 aromatic carbocycles. The van der Waals surface area contributed by atoms with Crippen molar-refractivity contribution >= 4 is 20.8 Å². The van der Waals surface area contributed by atoms with Crippen LogP contribution in [0.4, 0.5) is 0 Å². The minimum Gasteiger partial charge on any atom is -0.267 e. The maximum absolute atomic E-state index is 11.7. The van der Waals surface area contributed by atoms with Gasteiger partial charge in [-0.15, -0.1) is 0 Å². The SMILES string of the molecule is CS(=O)CCS(=O)(=O)NCCCc1ccc(-n2ncccc2=O)cc1. The maximum Gasteiger partial charge on any atom is 0.271 e. The lowest BCUT2D eigenvalue weighted by atomic mass is 10.1. The lowest BCUT2D eigenvalue weighted by molar-refractivity contribution is 0.580. The van der Waals surface area contributed by atoms with E-state index in [9.17, 15) is 17.4 Å². The Morgan fingerprint density at radius 3 is 2.56 bits per heavy atom. The molecular weight excluding hydrogens is 362 g/mol.